The third kappa shape index (κ3) is 3.88. The Hall–Kier alpha value is -1.15. The molecule has 2 nitrogen and oxygen atoms in total. The number of fused-ring (bicyclic) bond motifs is 2. The quantitative estimate of drug-likeness (QED) is 0.682. The summed E-state index contributed by atoms with van der Waals surface area (Å²) in [6.45, 7) is 10.7. The molecule has 27 heavy (non-hydrogen) atoms. The molecule has 1 aliphatic heterocycles. The van der Waals surface area contributed by atoms with Gasteiger partial charge in [-0.3, -0.25) is 4.79 Å². The molecular weight excluding hydrogens is 330 g/mol. The molecule has 0 aromatic heterocycles. The van der Waals surface area contributed by atoms with Gasteiger partial charge < -0.3 is 4.90 Å². The molecule has 0 N–H and O–H groups in total. The highest BCUT2D eigenvalue weighted by Crippen LogP contribution is 2.52. The van der Waals surface area contributed by atoms with Gasteiger partial charge in [-0.2, -0.15) is 0 Å². The summed E-state index contributed by atoms with van der Waals surface area (Å²) in [5, 5.41) is 0. The minimum Gasteiger partial charge on any atom is -0.303 e. The van der Waals surface area contributed by atoms with Crippen LogP contribution in [0.3, 0.4) is 0 Å². The standard InChI is InChI=1S/C25H37NO/c1-24(2,3)13-16-26-17-14-25(15-18-26)12-11-19(21-8-6-10-23(21)27)20-7-4-5-9-22(20)25/h4-5,7,9,19,21H,6,8,10-18H2,1-3H3/t19-,21?/m0/s1. The lowest BCUT2D eigenvalue weighted by atomic mass is 9.60. The summed E-state index contributed by atoms with van der Waals surface area (Å²) >= 11 is 0. The molecule has 1 heterocycles. The van der Waals surface area contributed by atoms with Crippen molar-refractivity contribution in [1.82, 2.24) is 4.90 Å². The van der Waals surface area contributed by atoms with Gasteiger partial charge in [-0.05, 0) is 92.5 Å². The van der Waals surface area contributed by atoms with E-state index in [2.05, 4.69) is 49.9 Å². The maximum Gasteiger partial charge on any atom is 0.136 e. The summed E-state index contributed by atoms with van der Waals surface area (Å²) in [6, 6.07) is 9.17. The number of hydrogen-bond acceptors (Lipinski definition) is 2. The number of hydrogen-bond donors (Lipinski definition) is 0. The molecule has 0 amide bonds. The number of Topliss-reactive ketones (excluding diaryl/α,β-unsaturated/α-hetero) is 1. The Bertz CT molecular complexity index is 678. The molecule has 1 spiro atoms. The van der Waals surface area contributed by atoms with Gasteiger partial charge in [0.1, 0.15) is 5.78 Å². The van der Waals surface area contributed by atoms with E-state index in [0.717, 1.165) is 19.3 Å². The van der Waals surface area contributed by atoms with Crippen LogP contribution < -0.4 is 0 Å². The fourth-order valence-electron chi connectivity index (χ4n) is 5.93. The van der Waals surface area contributed by atoms with Crippen LogP contribution >= 0.6 is 0 Å². The Labute approximate surface area is 165 Å². The summed E-state index contributed by atoms with van der Waals surface area (Å²) < 4.78 is 0. The first kappa shape index (κ1) is 19.2. The van der Waals surface area contributed by atoms with E-state index < -0.39 is 0 Å². The monoisotopic (exact) mass is 367 g/mol. The summed E-state index contributed by atoms with van der Waals surface area (Å²) in [7, 11) is 0. The zero-order valence-electron chi connectivity index (χ0n) is 17.6. The lowest BCUT2D eigenvalue weighted by Gasteiger charge is -2.48. The van der Waals surface area contributed by atoms with E-state index in [1.54, 1.807) is 5.56 Å². The van der Waals surface area contributed by atoms with E-state index in [1.807, 2.05) is 0 Å². The third-order valence-electron chi connectivity index (χ3n) is 7.69. The Balaban J connectivity index is 1.50. The van der Waals surface area contributed by atoms with Crippen molar-refractivity contribution in [3.63, 3.8) is 0 Å². The largest absolute Gasteiger partial charge is 0.303 e. The highest BCUT2D eigenvalue weighted by atomic mass is 16.1. The minimum atomic E-state index is 0.301. The molecule has 1 aromatic carbocycles. The molecule has 1 saturated heterocycles. The second kappa shape index (κ2) is 7.35. The van der Waals surface area contributed by atoms with E-state index in [4.69, 9.17) is 0 Å². The van der Waals surface area contributed by atoms with Gasteiger partial charge in [-0.25, -0.2) is 0 Å². The van der Waals surface area contributed by atoms with Crippen molar-refractivity contribution in [3.8, 4) is 0 Å². The lowest BCUT2D eigenvalue weighted by Crippen LogP contribution is -2.46. The molecule has 0 bridgehead atoms. The zero-order chi connectivity index (χ0) is 19.1. The van der Waals surface area contributed by atoms with Gasteiger partial charge in [0.15, 0.2) is 0 Å². The molecule has 0 radical (unpaired) electrons. The summed E-state index contributed by atoms with van der Waals surface area (Å²) in [6.07, 6.45) is 9.40. The van der Waals surface area contributed by atoms with Gasteiger partial charge in [0.25, 0.3) is 0 Å². The maximum absolute atomic E-state index is 12.4. The summed E-state index contributed by atoms with van der Waals surface area (Å²) in [5.74, 6) is 1.32. The summed E-state index contributed by atoms with van der Waals surface area (Å²) in [4.78, 5) is 15.1. The van der Waals surface area contributed by atoms with Crippen molar-refractivity contribution in [2.45, 2.75) is 83.5 Å². The van der Waals surface area contributed by atoms with Crippen molar-refractivity contribution < 1.29 is 4.79 Å². The van der Waals surface area contributed by atoms with Crippen molar-refractivity contribution in [2.24, 2.45) is 11.3 Å². The smallest absolute Gasteiger partial charge is 0.136 e. The molecule has 3 aliphatic rings. The predicted molar refractivity (Wildman–Crippen MR) is 112 cm³/mol. The predicted octanol–water partition coefficient (Wildman–Crippen LogP) is 5.70. The fraction of sp³-hybridized carbons (Fsp3) is 0.720. The first-order valence-corrected chi connectivity index (χ1v) is 11.2. The van der Waals surface area contributed by atoms with Crippen LogP contribution in [0.25, 0.3) is 0 Å². The van der Waals surface area contributed by atoms with Crippen molar-refractivity contribution in [3.05, 3.63) is 35.4 Å². The number of rotatable bonds is 3. The Morgan fingerprint density at radius 1 is 1.04 bits per heavy atom. The van der Waals surface area contributed by atoms with E-state index in [-0.39, 0.29) is 0 Å². The normalized spacial score (nSPS) is 28.5. The zero-order valence-corrected chi connectivity index (χ0v) is 17.6. The fourth-order valence-corrected chi connectivity index (χ4v) is 5.93. The highest BCUT2D eigenvalue weighted by Gasteiger charge is 2.45. The summed E-state index contributed by atoms with van der Waals surface area (Å²) in [5.41, 5.74) is 3.91. The second-order valence-electron chi connectivity index (χ2n) is 10.6. The number of likely N-dealkylation sites (tertiary alicyclic amines) is 1. The van der Waals surface area contributed by atoms with Crippen LogP contribution in [0.4, 0.5) is 0 Å². The van der Waals surface area contributed by atoms with Crippen LogP contribution in [0, 0.1) is 11.3 Å². The minimum absolute atomic E-state index is 0.301. The first-order chi connectivity index (χ1) is 12.9. The topological polar surface area (TPSA) is 20.3 Å². The van der Waals surface area contributed by atoms with Crippen LogP contribution in [-0.4, -0.2) is 30.3 Å². The Kier molecular flexibility index (Phi) is 5.22. The molecule has 1 saturated carbocycles. The maximum atomic E-state index is 12.4. The van der Waals surface area contributed by atoms with Gasteiger partial charge >= 0.3 is 0 Å². The van der Waals surface area contributed by atoms with E-state index in [0.29, 0.717) is 28.4 Å². The average molecular weight is 368 g/mol. The van der Waals surface area contributed by atoms with Gasteiger partial charge in [0.05, 0.1) is 0 Å². The molecule has 148 valence electrons. The van der Waals surface area contributed by atoms with Crippen molar-refractivity contribution >= 4 is 5.78 Å². The van der Waals surface area contributed by atoms with E-state index in [1.165, 1.54) is 57.3 Å². The van der Waals surface area contributed by atoms with Crippen LogP contribution in [0.1, 0.15) is 89.2 Å². The molecule has 2 fully saturated rings. The molecule has 1 aromatic rings. The highest BCUT2D eigenvalue weighted by molar-refractivity contribution is 5.84. The number of nitrogens with zero attached hydrogens (tertiary/aromatic N) is 1. The third-order valence-corrected chi connectivity index (χ3v) is 7.69. The van der Waals surface area contributed by atoms with Crippen molar-refractivity contribution in [1.29, 1.82) is 0 Å². The number of ketones is 1. The van der Waals surface area contributed by atoms with Gasteiger partial charge in [-0.1, -0.05) is 45.0 Å². The molecular formula is C25H37NO. The molecule has 1 unspecified atom stereocenters. The number of benzene rings is 1. The lowest BCUT2D eigenvalue weighted by molar-refractivity contribution is -0.121. The number of carbonyl (C=O) groups excluding carboxylic acids is 1. The van der Waals surface area contributed by atoms with Crippen molar-refractivity contribution in [2.75, 3.05) is 19.6 Å². The van der Waals surface area contributed by atoms with Crippen LogP contribution in [0.2, 0.25) is 0 Å². The molecule has 4 rings (SSSR count). The molecule has 2 atom stereocenters. The number of piperidine rings is 1. The molecule has 2 aliphatic carbocycles. The molecule has 2 heteroatoms. The Morgan fingerprint density at radius 2 is 1.78 bits per heavy atom. The van der Waals surface area contributed by atoms with E-state index >= 15 is 0 Å². The second-order valence-corrected chi connectivity index (χ2v) is 10.6. The Morgan fingerprint density at radius 3 is 2.44 bits per heavy atom. The SMILES string of the molecule is CC(C)(C)CCN1CCC2(CC[C@H](C3CCCC3=O)c3ccccc32)CC1. The van der Waals surface area contributed by atoms with Crippen LogP contribution in [0.15, 0.2) is 24.3 Å². The van der Waals surface area contributed by atoms with E-state index in [9.17, 15) is 4.79 Å². The number of carbonyl (C=O) groups is 1. The van der Waals surface area contributed by atoms with Crippen LogP contribution in [-0.2, 0) is 10.2 Å². The van der Waals surface area contributed by atoms with Gasteiger partial charge in [-0.15, -0.1) is 0 Å². The van der Waals surface area contributed by atoms with Gasteiger partial charge in [0, 0.05) is 12.3 Å². The van der Waals surface area contributed by atoms with Gasteiger partial charge in [0.2, 0.25) is 0 Å². The average Bonchev–Trinajstić information content (AvgIpc) is 3.07. The first-order valence-electron chi connectivity index (χ1n) is 11.2. The van der Waals surface area contributed by atoms with Crippen LogP contribution in [0.5, 0.6) is 0 Å².